The number of ether oxygens (including phenoxy) is 1. The second kappa shape index (κ2) is 9.34. The zero-order valence-corrected chi connectivity index (χ0v) is 12.7. The minimum atomic E-state index is -0.318. The zero-order chi connectivity index (χ0) is 15.7. The summed E-state index contributed by atoms with van der Waals surface area (Å²) < 4.78 is 18.2. The normalized spacial score (nSPS) is 10.7. The third-order valence-corrected chi connectivity index (χ3v) is 3.44. The zero-order valence-electron chi connectivity index (χ0n) is 12.7. The van der Waals surface area contributed by atoms with E-state index in [0.717, 1.165) is 12.8 Å². The second-order valence-corrected chi connectivity index (χ2v) is 4.83. The molecule has 1 N–H and O–H groups in total. The van der Waals surface area contributed by atoms with Crippen LogP contribution in [0, 0.1) is 5.82 Å². The average molecular weight is 297 g/mol. The fraction of sp³-hybridized carbons (Fsp3) is 0.562. The number of benzene rings is 1. The van der Waals surface area contributed by atoms with Gasteiger partial charge in [-0.2, -0.15) is 0 Å². The molecule has 1 aromatic carbocycles. The van der Waals surface area contributed by atoms with Gasteiger partial charge in [-0.15, -0.1) is 0 Å². The van der Waals surface area contributed by atoms with Crippen molar-refractivity contribution in [1.29, 1.82) is 0 Å². The van der Waals surface area contributed by atoms with Gasteiger partial charge in [0, 0.05) is 12.6 Å². The van der Waals surface area contributed by atoms with Crippen molar-refractivity contribution in [2.45, 2.75) is 39.2 Å². The molecule has 0 atom stereocenters. The predicted octanol–water partition coefficient (Wildman–Crippen LogP) is 2.60. The lowest BCUT2D eigenvalue weighted by Crippen LogP contribution is -2.42. The smallest absolute Gasteiger partial charge is 0.226 e. The Hall–Kier alpha value is -1.62. The van der Waals surface area contributed by atoms with Gasteiger partial charge in [-0.3, -0.25) is 4.79 Å². The van der Waals surface area contributed by atoms with Gasteiger partial charge in [0.1, 0.15) is 11.6 Å². The van der Waals surface area contributed by atoms with E-state index in [4.69, 9.17) is 9.84 Å². The molecule has 0 saturated carbocycles. The summed E-state index contributed by atoms with van der Waals surface area (Å²) in [5.41, 5.74) is 0. The first-order valence-corrected chi connectivity index (χ1v) is 7.41. The lowest BCUT2D eigenvalue weighted by Gasteiger charge is -2.30. The molecule has 0 saturated heterocycles. The molecule has 5 heteroatoms. The maximum absolute atomic E-state index is 12.8. The Kier molecular flexibility index (Phi) is 7.75. The number of aliphatic hydroxyl groups excluding tert-OH is 1. The molecule has 0 unspecified atom stereocenters. The van der Waals surface area contributed by atoms with Gasteiger partial charge in [-0.05, 0) is 37.1 Å². The maximum atomic E-state index is 12.8. The van der Waals surface area contributed by atoms with Crippen LogP contribution in [0.3, 0.4) is 0 Å². The van der Waals surface area contributed by atoms with Crippen LogP contribution in [0.15, 0.2) is 24.3 Å². The van der Waals surface area contributed by atoms with Gasteiger partial charge >= 0.3 is 0 Å². The minimum Gasteiger partial charge on any atom is -0.493 e. The monoisotopic (exact) mass is 297 g/mol. The van der Waals surface area contributed by atoms with Crippen LogP contribution in [-0.4, -0.2) is 41.7 Å². The molecule has 1 rings (SSSR count). The van der Waals surface area contributed by atoms with E-state index >= 15 is 0 Å². The van der Waals surface area contributed by atoms with Gasteiger partial charge in [0.25, 0.3) is 0 Å². The van der Waals surface area contributed by atoms with Crippen molar-refractivity contribution in [3.8, 4) is 5.75 Å². The molecular formula is C16H24FNO3. The molecule has 21 heavy (non-hydrogen) atoms. The molecule has 118 valence electrons. The highest BCUT2D eigenvalue weighted by atomic mass is 19.1. The van der Waals surface area contributed by atoms with Crippen LogP contribution in [0.2, 0.25) is 0 Å². The van der Waals surface area contributed by atoms with Crippen LogP contribution < -0.4 is 4.74 Å². The summed E-state index contributed by atoms with van der Waals surface area (Å²) in [6.07, 6.45) is 1.97. The number of amides is 1. The van der Waals surface area contributed by atoms with E-state index in [1.165, 1.54) is 24.3 Å². The quantitative estimate of drug-likeness (QED) is 0.762. The predicted molar refractivity (Wildman–Crippen MR) is 79.7 cm³/mol. The molecule has 4 nitrogen and oxygen atoms in total. The fourth-order valence-corrected chi connectivity index (χ4v) is 2.28. The lowest BCUT2D eigenvalue weighted by atomic mass is 10.1. The SMILES string of the molecule is CCC(CC)N(CCO)C(=O)CCOc1ccc(F)cc1. The molecular weight excluding hydrogens is 273 g/mol. The molecule has 0 fully saturated rings. The molecule has 0 aliphatic carbocycles. The van der Waals surface area contributed by atoms with Crippen molar-refractivity contribution in [3.63, 3.8) is 0 Å². The minimum absolute atomic E-state index is 0.0279. The van der Waals surface area contributed by atoms with Crippen molar-refractivity contribution < 1.29 is 19.0 Å². The highest BCUT2D eigenvalue weighted by Gasteiger charge is 2.20. The Bertz CT molecular complexity index is 418. The van der Waals surface area contributed by atoms with Gasteiger partial charge in [-0.25, -0.2) is 4.39 Å². The van der Waals surface area contributed by atoms with Crippen LogP contribution in [0.1, 0.15) is 33.1 Å². The highest BCUT2D eigenvalue weighted by molar-refractivity contribution is 5.76. The summed E-state index contributed by atoms with van der Waals surface area (Å²) in [5.74, 6) is 0.196. The van der Waals surface area contributed by atoms with Crippen LogP contribution >= 0.6 is 0 Å². The van der Waals surface area contributed by atoms with Crippen molar-refractivity contribution in [2.75, 3.05) is 19.8 Å². The number of carbonyl (C=O) groups excluding carboxylic acids is 1. The summed E-state index contributed by atoms with van der Waals surface area (Å²) in [4.78, 5) is 13.9. The number of nitrogens with zero attached hydrogens (tertiary/aromatic N) is 1. The van der Waals surface area contributed by atoms with Crippen LogP contribution in [0.25, 0.3) is 0 Å². The molecule has 0 radical (unpaired) electrons. The summed E-state index contributed by atoms with van der Waals surface area (Å²) in [6, 6.07) is 5.85. The average Bonchev–Trinajstić information content (AvgIpc) is 2.49. The Balaban J connectivity index is 2.47. The maximum Gasteiger partial charge on any atom is 0.226 e. The summed E-state index contributed by atoms with van der Waals surface area (Å²) in [7, 11) is 0. The number of hydrogen-bond acceptors (Lipinski definition) is 3. The van der Waals surface area contributed by atoms with Gasteiger partial charge in [0.2, 0.25) is 5.91 Å². The van der Waals surface area contributed by atoms with Crippen LogP contribution in [-0.2, 0) is 4.79 Å². The Morgan fingerprint density at radius 1 is 1.29 bits per heavy atom. The molecule has 0 aromatic heterocycles. The number of halogens is 1. The third-order valence-electron chi connectivity index (χ3n) is 3.44. The van der Waals surface area contributed by atoms with E-state index in [-0.39, 0.29) is 37.4 Å². The summed E-state index contributed by atoms with van der Waals surface area (Å²) in [6.45, 7) is 4.61. The van der Waals surface area contributed by atoms with Crippen molar-refractivity contribution in [2.24, 2.45) is 0 Å². The van der Waals surface area contributed by atoms with E-state index in [9.17, 15) is 9.18 Å². The molecule has 0 bridgehead atoms. The molecule has 0 heterocycles. The Labute approximate surface area is 125 Å². The number of carbonyl (C=O) groups is 1. The Morgan fingerprint density at radius 3 is 2.43 bits per heavy atom. The third kappa shape index (κ3) is 5.71. The molecule has 1 aromatic rings. The highest BCUT2D eigenvalue weighted by Crippen LogP contribution is 2.13. The topological polar surface area (TPSA) is 49.8 Å². The largest absolute Gasteiger partial charge is 0.493 e. The number of hydrogen-bond donors (Lipinski definition) is 1. The van der Waals surface area contributed by atoms with Gasteiger partial charge < -0.3 is 14.7 Å². The summed E-state index contributed by atoms with van der Waals surface area (Å²) >= 11 is 0. The first-order valence-electron chi connectivity index (χ1n) is 7.41. The molecule has 0 aliphatic heterocycles. The number of rotatable bonds is 9. The first kappa shape index (κ1) is 17.4. The van der Waals surface area contributed by atoms with Crippen LogP contribution in [0.5, 0.6) is 5.75 Å². The molecule has 0 aliphatic rings. The van der Waals surface area contributed by atoms with Gasteiger partial charge in [0.15, 0.2) is 0 Å². The van der Waals surface area contributed by atoms with E-state index < -0.39 is 0 Å². The van der Waals surface area contributed by atoms with Crippen molar-refractivity contribution in [1.82, 2.24) is 4.90 Å². The van der Waals surface area contributed by atoms with Gasteiger partial charge in [-0.1, -0.05) is 13.8 Å². The van der Waals surface area contributed by atoms with E-state index in [0.29, 0.717) is 12.3 Å². The van der Waals surface area contributed by atoms with E-state index in [2.05, 4.69) is 0 Å². The van der Waals surface area contributed by atoms with Gasteiger partial charge in [0.05, 0.1) is 19.6 Å². The van der Waals surface area contributed by atoms with Crippen LogP contribution in [0.4, 0.5) is 4.39 Å². The second-order valence-electron chi connectivity index (χ2n) is 4.83. The number of aliphatic hydroxyl groups is 1. The first-order chi connectivity index (χ1) is 10.1. The van der Waals surface area contributed by atoms with E-state index in [1.54, 1.807) is 4.90 Å². The molecule has 0 spiro atoms. The fourth-order valence-electron chi connectivity index (χ4n) is 2.28. The van der Waals surface area contributed by atoms with Crippen molar-refractivity contribution >= 4 is 5.91 Å². The van der Waals surface area contributed by atoms with Crippen molar-refractivity contribution in [3.05, 3.63) is 30.1 Å². The van der Waals surface area contributed by atoms with E-state index in [1.807, 2.05) is 13.8 Å². The summed E-state index contributed by atoms with van der Waals surface area (Å²) in [5, 5.41) is 9.09. The lowest BCUT2D eigenvalue weighted by molar-refractivity contribution is -0.134. The Morgan fingerprint density at radius 2 is 1.90 bits per heavy atom. The standard InChI is InChI=1S/C16H24FNO3/c1-3-14(4-2)18(10-11-19)16(20)9-12-21-15-7-5-13(17)6-8-15/h5-8,14,19H,3-4,9-12H2,1-2H3. The molecule has 1 amide bonds.